The minimum atomic E-state index is 0.672. The Bertz CT molecular complexity index is 642. The van der Waals surface area contributed by atoms with E-state index in [2.05, 4.69) is 47.3 Å². The Labute approximate surface area is 170 Å². The molecule has 0 unspecified atom stereocenters. The Kier molecular flexibility index (Phi) is 7.32. The average Bonchev–Trinajstić information content (AvgIpc) is 2.99. The van der Waals surface area contributed by atoms with Crippen molar-refractivity contribution in [3.05, 3.63) is 30.5 Å². The van der Waals surface area contributed by atoms with Crippen LogP contribution in [0.5, 0.6) is 0 Å². The molecule has 2 saturated heterocycles. The summed E-state index contributed by atoms with van der Waals surface area (Å²) in [6, 6.07) is 7.58. The van der Waals surface area contributed by atoms with Gasteiger partial charge in [-0.1, -0.05) is 12.6 Å². The zero-order chi connectivity index (χ0) is 20.1. The molecule has 0 atom stereocenters. The molecule has 0 aromatic carbocycles. The normalized spacial score (nSPS) is 20.4. The van der Waals surface area contributed by atoms with Gasteiger partial charge in [0, 0.05) is 45.3 Å². The van der Waals surface area contributed by atoms with Crippen LogP contribution in [0.2, 0.25) is 0 Å². The Morgan fingerprint density at radius 3 is 2.57 bits per heavy atom. The Morgan fingerprint density at radius 1 is 1.14 bits per heavy atom. The van der Waals surface area contributed by atoms with Gasteiger partial charge in [-0.2, -0.15) is 0 Å². The van der Waals surface area contributed by atoms with Crippen LogP contribution in [0.15, 0.2) is 24.8 Å². The molecule has 2 fully saturated rings. The molecule has 2 aliphatic heterocycles. The maximum Gasteiger partial charge on any atom is 0.129 e. The highest BCUT2D eigenvalue weighted by Gasteiger charge is 2.27. The fourth-order valence-electron chi connectivity index (χ4n) is 4.33. The standard InChI is InChI=1S/C22H37N5O/c1-18(2)25-14-10-20(11-15-25)26-12-7-13-27(17-16-26)22-9-6-8-21(23-22)19(3)24(4)28-5/h6,8-9,18,20H,3,7,10-17H2,1-2,4-5H3. The van der Waals surface area contributed by atoms with E-state index in [4.69, 9.17) is 9.82 Å². The van der Waals surface area contributed by atoms with E-state index < -0.39 is 0 Å². The average molecular weight is 388 g/mol. The van der Waals surface area contributed by atoms with Crippen molar-refractivity contribution in [3.8, 4) is 0 Å². The molecule has 28 heavy (non-hydrogen) atoms. The summed E-state index contributed by atoms with van der Waals surface area (Å²) in [5.74, 6) is 1.04. The van der Waals surface area contributed by atoms with E-state index in [9.17, 15) is 0 Å². The number of hydrogen-bond donors (Lipinski definition) is 0. The van der Waals surface area contributed by atoms with E-state index >= 15 is 0 Å². The SMILES string of the molecule is C=C(c1cccc(N2CCCN(C3CCN(C(C)C)CC3)CC2)n1)N(C)OC. The van der Waals surface area contributed by atoms with E-state index in [0.717, 1.165) is 42.9 Å². The van der Waals surface area contributed by atoms with Gasteiger partial charge >= 0.3 is 0 Å². The summed E-state index contributed by atoms with van der Waals surface area (Å²) in [7, 11) is 3.50. The lowest BCUT2D eigenvalue weighted by Gasteiger charge is -2.39. The summed E-state index contributed by atoms with van der Waals surface area (Å²) < 4.78 is 0. The number of hydrogen-bond acceptors (Lipinski definition) is 6. The number of nitrogens with zero attached hydrogens (tertiary/aromatic N) is 5. The monoisotopic (exact) mass is 387 g/mol. The van der Waals surface area contributed by atoms with Crippen LogP contribution in [0.4, 0.5) is 5.82 Å². The van der Waals surface area contributed by atoms with Crippen molar-refractivity contribution in [2.24, 2.45) is 0 Å². The molecule has 3 rings (SSSR count). The zero-order valence-corrected chi connectivity index (χ0v) is 18.1. The topological polar surface area (TPSA) is 35.1 Å². The van der Waals surface area contributed by atoms with Crippen LogP contribution < -0.4 is 4.90 Å². The van der Waals surface area contributed by atoms with Gasteiger partial charge in [-0.15, -0.1) is 0 Å². The first-order chi connectivity index (χ1) is 13.5. The highest BCUT2D eigenvalue weighted by atomic mass is 16.7. The van der Waals surface area contributed by atoms with E-state index in [0.29, 0.717) is 6.04 Å². The molecule has 0 spiro atoms. The first-order valence-electron chi connectivity index (χ1n) is 10.7. The van der Waals surface area contributed by atoms with E-state index in [-0.39, 0.29) is 0 Å². The van der Waals surface area contributed by atoms with Gasteiger partial charge in [-0.05, 0) is 58.3 Å². The molecule has 0 aliphatic carbocycles. The van der Waals surface area contributed by atoms with Crippen LogP contribution in [-0.2, 0) is 4.84 Å². The summed E-state index contributed by atoms with van der Waals surface area (Å²) in [5, 5.41) is 1.65. The van der Waals surface area contributed by atoms with Crippen molar-refractivity contribution in [2.75, 3.05) is 58.3 Å². The number of pyridine rings is 1. The van der Waals surface area contributed by atoms with Crippen LogP contribution in [-0.4, -0.2) is 85.4 Å². The highest BCUT2D eigenvalue weighted by Crippen LogP contribution is 2.23. The molecule has 1 aromatic rings. The van der Waals surface area contributed by atoms with E-state index in [1.807, 2.05) is 13.1 Å². The van der Waals surface area contributed by atoms with Crippen LogP contribution >= 0.6 is 0 Å². The van der Waals surface area contributed by atoms with Crippen LogP contribution in [0.1, 0.15) is 38.8 Å². The molecule has 0 bridgehead atoms. The summed E-state index contributed by atoms with van der Waals surface area (Å²) in [5.41, 5.74) is 1.64. The number of likely N-dealkylation sites (tertiary alicyclic amines) is 1. The summed E-state index contributed by atoms with van der Waals surface area (Å²) in [4.78, 5) is 17.9. The van der Waals surface area contributed by atoms with Gasteiger partial charge in [0.25, 0.3) is 0 Å². The highest BCUT2D eigenvalue weighted by molar-refractivity contribution is 5.59. The Morgan fingerprint density at radius 2 is 1.89 bits per heavy atom. The minimum Gasteiger partial charge on any atom is -0.355 e. The predicted octanol–water partition coefficient (Wildman–Crippen LogP) is 2.93. The fraction of sp³-hybridized carbons (Fsp3) is 0.682. The van der Waals surface area contributed by atoms with Gasteiger partial charge in [0.1, 0.15) is 5.82 Å². The first-order valence-corrected chi connectivity index (χ1v) is 10.7. The van der Waals surface area contributed by atoms with Gasteiger partial charge in [0.2, 0.25) is 0 Å². The number of piperidine rings is 1. The van der Waals surface area contributed by atoms with Gasteiger partial charge in [0.15, 0.2) is 0 Å². The van der Waals surface area contributed by atoms with E-state index in [1.54, 1.807) is 12.2 Å². The fourth-order valence-corrected chi connectivity index (χ4v) is 4.33. The molecule has 6 nitrogen and oxygen atoms in total. The third-order valence-electron chi connectivity index (χ3n) is 6.28. The third kappa shape index (κ3) is 5.04. The molecule has 0 amide bonds. The summed E-state index contributed by atoms with van der Waals surface area (Å²) in [6.45, 7) is 15.6. The van der Waals surface area contributed by atoms with Crippen molar-refractivity contribution in [1.29, 1.82) is 0 Å². The lowest BCUT2D eigenvalue weighted by molar-refractivity contribution is -0.0526. The molecule has 3 heterocycles. The Balaban J connectivity index is 1.59. The van der Waals surface area contributed by atoms with Gasteiger partial charge in [-0.25, -0.2) is 4.98 Å². The van der Waals surface area contributed by atoms with E-state index in [1.165, 1.54) is 38.9 Å². The molecule has 2 aliphatic rings. The van der Waals surface area contributed by atoms with Crippen LogP contribution in [0, 0.1) is 0 Å². The molecule has 6 heteroatoms. The third-order valence-corrected chi connectivity index (χ3v) is 6.28. The second kappa shape index (κ2) is 9.72. The predicted molar refractivity (Wildman–Crippen MR) is 116 cm³/mol. The molecule has 0 N–H and O–H groups in total. The number of anilines is 1. The number of rotatable bonds is 6. The molecular formula is C22H37N5O. The lowest BCUT2D eigenvalue weighted by Crippen LogP contribution is -2.47. The summed E-state index contributed by atoms with van der Waals surface area (Å²) >= 11 is 0. The van der Waals surface area contributed by atoms with Gasteiger partial charge < -0.3 is 9.80 Å². The Hall–Kier alpha value is -1.63. The largest absolute Gasteiger partial charge is 0.355 e. The number of aromatic nitrogens is 1. The molecule has 156 valence electrons. The van der Waals surface area contributed by atoms with Crippen molar-refractivity contribution in [3.63, 3.8) is 0 Å². The minimum absolute atomic E-state index is 0.672. The maximum atomic E-state index is 5.25. The van der Waals surface area contributed by atoms with Crippen LogP contribution in [0.3, 0.4) is 0 Å². The second-order valence-electron chi connectivity index (χ2n) is 8.25. The lowest BCUT2D eigenvalue weighted by atomic mass is 10.0. The zero-order valence-electron chi connectivity index (χ0n) is 18.1. The van der Waals surface area contributed by atoms with Crippen molar-refractivity contribution < 1.29 is 4.84 Å². The van der Waals surface area contributed by atoms with Gasteiger partial charge in [0.05, 0.1) is 18.5 Å². The van der Waals surface area contributed by atoms with Crippen LogP contribution in [0.25, 0.3) is 5.70 Å². The van der Waals surface area contributed by atoms with Crippen molar-refractivity contribution in [1.82, 2.24) is 19.8 Å². The van der Waals surface area contributed by atoms with Gasteiger partial charge in [-0.3, -0.25) is 14.8 Å². The quantitative estimate of drug-likeness (QED) is 0.699. The molecule has 0 radical (unpaired) electrons. The van der Waals surface area contributed by atoms with Crippen molar-refractivity contribution >= 4 is 11.5 Å². The van der Waals surface area contributed by atoms with Crippen molar-refractivity contribution in [2.45, 2.75) is 45.2 Å². The first kappa shape index (κ1) is 21.1. The second-order valence-corrected chi connectivity index (χ2v) is 8.25. The maximum absolute atomic E-state index is 5.25. The number of hydroxylamine groups is 2. The summed E-state index contributed by atoms with van der Waals surface area (Å²) in [6.07, 6.45) is 3.79. The smallest absolute Gasteiger partial charge is 0.129 e. The molecular weight excluding hydrogens is 350 g/mol. The molecule has 1 aromatic heterocycles. The molecule has 0 saturated carbocycles.